The minimum atomic E-state index is 0.378. The quantitative estimate of drug-likeness (QED) is 0.924. The summed E-state index contributed by atoms with van der Waals surface area (Å²) in [6.45, 7) is 3.72. The molecule has 2 aromatic rings. The Morgan fingerprint density at radius 3 is 2.71 bits per heavy atom. The molecule has 0 atom stereocenters. The molecule has 0 amide bonds. The van der Waals surface area contributed by atoms with Gasteiger partial charge in [0.2, 0.25) is 0 Å². The second-order valence-corrected chi connectivity index (χ2v) is 6.61. The third-order valence-electron chi connectivity index (χ3n) is 5.12. The first kappa shape index (κ1) is 13.2. The lowest BCUT2D eigenvalue weighted by Crippen LogP contribution is -2.41. The SMILES string of the molecule is c1cc(OC2CCN(CC3CCC3)CC2)c2cc[nH]c2c1. The topological polar surface area (TPSA) is 28.3 Å². The number of hydrogen-bond donors (Lipinski definition) is 1. The van der Waals surface area contributed by atoms with E-state index in [-0.39, 0.29) is 0 Å². The highest BCUT2D eigenvalue weighted by molar-refractivity contribution is 5.85. The van der Waals surface area contributed by atoms with Crippen LogP contribution in [0.2, 0.25) is 0 Å². The number of likely N-dealkylation sites (tertiary alicyclic amines) is 1. The maximum Gasteiger partial charge on any atom is 0.129 e. The summed E-state index contributed by atoms with van der Waals surface area (Å²) in [5, 5.41) is 1.20. The molecule has 112 valence electrons. The monoisotopic (exact) mass is 284 g/mol. The van der Waals surface area contributed by atoms with E-state index in [2.05, 4.69) is 34.1 Å². The number of H-pyrrole nitrogens is 1. The van der Waals surface area contributed by atoms with Gasteiger partial charge in [-0.1, -0.05) is 12.5 Å². The summed E-state index contributed by atoms with van der Waals surface area (Å²) in [4.78, 5) is 5.89. The van der Waals surface area contributed by atoms with Crippen LogP contribution in [0.25, 0.3) is 10.9 Å². The van der Waals surface area contributed by atoms with E-state index in [1.165, 1.54) is 44.3 Å². The molecular formula is C18H24N2O. The summed E-state index contributed by atoms with van der Waals surface area (Å²) in [7, 11) is 0. The van der Waals surface area contributed by atoms with Gasteiger partial charge in [0, 0.05) is 36.7 Å². The molecule has 2 fully saturated rings. The number of nitrogens with one attached hydrogen (secondary N) is 1. The van der Waals surface area contributed by atoms with Crippen LogP contribution >= 0.6 is 0 Å². The van der Waals surface area contributed by atoms with Crippen molar-refractivity contribution in [2.24, 2.45) is 5.92 Å². The van der Waals surface area contributed by atoms with Gasteiger partial charge in [0.15, 0.2) is 0 Å². The van der Waals surface area contributed by atoms with Crippen LogP contribution in [0.1, 0.15) is 32.1 Å². The average molecular weight is 284 g/mol. The Bertz CT molecular complexity index is 594. The molecule has 1 N–H and O–H groups in total. The highest BCUT2D eigenvalue weighted by Gasteiger charge is 2.25. The lowest BCUT2D eigenvalue weighted by atomic mass is 9.85. The molecule has 4 rings (SSSR count). The maximum absolute atomic E-state index is 6.27. The van der Waals surface area contributed by atoms with Crippen molar-refractivity contribution >= 4 is 10.9 Å². The summed E-state index contributed by atoms with van der Waals surface area (Å²) in [6, 6.07) is 8.37. The molecule has 0 bridgehead atoms. The number of rotatable bonds is 4. The third-order valence-corrected chi connectivity index (χ3v) is 5.12. The van der Waals surface area contributed by atoms with Crippen LogP contribution in [0.5, 0.6) is 5.75 Å². The molecule has 2 aliphatic rings. The fourth-order valence-corrected chi connectivity index (χ4v) is 3.59. The molecule has 0 unspecified atom stereocenters. The average Bonchev–Trinajstić information content (AvgIpc) is 2.94. The molecule has 1 aliphatic heterocycles. The molecule has 1 aromatic carbocycles. The molecule has 0 spiro atoms. The number of fused-ring (bicyclic) bond motifs is 1. The number of aromatic nitrogens is 1. The molecule has 3 nitrogen and oxygen atoms in total. The van der Waals surface area contributed by atoms with Gasteiger partial charge in [-0.25, -0.2) is 0 Å². The van der Waals surface area contributed by atoms with Gasteiger partial charge in [-0.3, -0.25) is 0 Å². The summed E-state index contributed by atoms with van der Waals surface area (Å²) in [5.74, 6) is 2.02. The summed E-state index contributed by atoms with van der Waals surface area (Å²) in [5.41, 5.74) is 1.16. The largest absolute Gasteiger partial charge is 0.490 e. The molecule has 1 saturated carbocycles. The van der Waals surface area contributed by atoms with Crippen molar-refractivity contribution in [2.75, 3.05) is 19.6 Å². The highest BCUT2D eigenvalue weighted by atomic mass is 16.5. The van der Waals surface area contributed by atoms with Crippen molar-refractivity contribution < 1.29 is 4.74 Å². The van der Waals surface area contributed by atoms with Crippen molar-refractivity contribution in [3.8, 4) is 5.75 Å². The van der Waals surface area contributed by atoms with Crippen molar-refractivity contribution in [3.05, 3.63) is 30.5 Å². The highest BCUT2D eigenvalue weighted by Crippen LogP contribution is 2.30. The van der Waals surface area contributed by atoms with Gasteiger partial charge in [0.1, 0.15) is 11.9 Å². The Morgan fingerprint density at radius 2 is 1.95 bits per heavy atom. The van der Waals surface area contributed by atoms with Crippen molar-refractivity contribution in [1.29, 1.82) is 0 Å². The van der Waals surface area contributed by atoms with E-state index >= 15 is 0 Å². The molecule has 1 aliphatic carbocycles. The van der Waals surface area contributed by atoms with Gasteiger partial charge in [-0.15, -0.1) is 0 Å². The van der Waals surface area contributed by atoms with E-state index < -0.39 is 0 Å². The molecule has 0 radical (unpaired) electrons. The first-order valence-electron chi connectivity index (χ1n) is 8.33. The first-order valence-corrected chi connectivity index (χ1v) is 8.33. The van der Waals surface area contributed by atoms with Crippen molar-refractivity contribution in [3.63, 3.8) is 0 Å². The maximum atomic E-state index is 6.27. The smallest absolute Gasteiger partial charge is 0.129 e. The van der Waals surface area contributed by atoms with Gasteiger partial charge in [0.25, 0.3) is 0 Å². The summed E-state index contributed by atoms with van der Waals surface area (Å²) >= 11 is 0. The van der Waals surface area contributed by atoms with E-state index in [0.29, 0.717) is 6.10 Å². The number of benzene rings is 1. The van der Waals surface area contributed by atoms with E-state index in [0.717, 1.165) is 30.0 Å². The predicted octanol–water partition coefficient (Wildman–Crippen LogP) is 3.81. The Morgan fingerprint density at radius 1 is 1.10 bits per heavy atom. The molecule has 3 heteroatoms. The second-order valence-electron chi connectivity index (χ2n) is 6.61. The lowest BCUT2D eigenvalue weighted by molar-refractivity contribution is 0.0813. The molecule has 2 heterocycles. The number of nitrogens with zero attached hydrogens (tertiary/aromatic N) is 1. The summed E-state index contributed by atoms with van der Waals surface area (Å²) in [6.07, 6.45) is 9.03. The van der Waals surface area contributed by atoms with Crippen LogP contribution in [0.3, 0.4) is 0 Å². The van der Waals surface area contributed by atoms with Crippen LogP contribution < -0.4 is 4.74 Å². The number of aromatic amines is 1. The zero-order valence-corrected chi connectivity index (χ0v) is 12.6. The zero-order chi connectivity index (χ0) is 14.1. The Hall–Kier alpha value is -1.48. The standard InChI is InChI=1S/C18H24N2O/c1-3-14(4-1)13-20-11-8-15(9-12-20)21-18-6-2-5-17-16(18)7-10-19-17/h2,5-7,10,14-15,19H,1,3-4,8-9,11-13H2. The zero-order valence-electron chi connectivity index (χ0n) is 12.6. The minimum Gasteiger partial charge on any atom is -0.490 e. The van der Waals surface area contributed by atoms with Gasteiger partial charge >= 0.3 is 0 Å². The van der Waals surface area contributed by atoms with Crippen molar-refractivity contribution in [2.45, 2.75) is 38.2 Å². The molecule has 21 heavy (non-hydrogen) atoms. The van der Waals surface area contributed by atoms with Crippen LogP contribution in [0, 0.1) is 5.92 Å². The predicted molar refractivity (Wildman–Crippen MR) is 85.7 cm³/mol. The second kappa shape index (κ2) is 5.72. The van der Waals surface area contributed by atoms with Gasteiger partial charge in [-0.2, -0.15) is 0 Å². The van der Waals surface area contributed by atoms with E-state index in [4.69, 9.17) is 4.74 Å². The van der Waals surface area contributed by atoms with Crippen LogP contribution in [-0.4, -0.2) is 35.6 Å². The minimum absolute atomic E-state index is 0.378. The molecule has 1 saturated heterocycles. The number of piperidine rings is 1. The van der Waals surface area contributed by atoms with Gasteiger partial charge in [0.05, 0.1) is 0 Å². The van der Waals surface area contributed by atoms with Crippen LogP contribution in [0.4, 0.5) is 0 Å². The van der Waals surface area contributed by atoms with Gasteiger partial charge in [-0.05, 0) is 49.8 Å². The van der Waals surface area contributed by atoms with Crippen LogP contribution in [0.15, 0.2) is 30.5 Å². The molecule has 1 aromatic heterocycles. The van der Waals surface area contributed by atoms with E-state index in [1.807, 2.05) is 6.20 Å². The Kier molecular flexibility index (Phi) is 3.60. The molecular weight excluding hydrogens is 260 g/mol. The first-order chi connectivity index (χ1) is 10.4. The Balaban J connectivity index is 1.35. The number of ether oxygens (including phenoxy) is 1. The van der Waals surface area contributed by atoms with Crippen molar-refractivity contribution in [1.82, 2.24) is 9.88 Å². The third kappa shape index (κ3) is 2.80. The summed E-state index contributed by atoms with van der Waals surface area (Å²) < 4.78 is 6.27. The fourth-order valence-electron chi connectivity index (χ4n) is 3.59. The number of hydrogen-bond acceptors (Lipinski definition) is 2. The van der Waals surface area contributed by atoms with E-state index in [9.17, 15) is 0 Å². The fraction of sp³-hybridized carbons (Fsp3) is 0.556. The van der Waals surface area contributed by atoms with Gasteiger partial charge < -0.3 is 14.6 Å². The lowest BCUT2D eigenvalue weighted by Gasteiger charge is -2.37. The van der Waals surface area contributed by atoms with E-state index in [1.54, 1.807) is 0 Å². The van der Waals surface area contributed by atoms with Crippen LogP contribution in [-0.2, 0) is 0 Å². The normalized spacial score (nSPS) is 21.5. The Labute approximate surface area is 126 Å².